The number of aromatic nitrogens is 3. The van der Waals surface area contributed by atoms with Gasteiger partial charge in [-0.1, -0.05) is 0 Å². The van der Waals surface area contributed by atoms with Gasteiger partial charge in [-0.25, -0.2) is 0 Å². The van der Waals surface area contributed by atoms with E-state index in [1.807, 2.05) is 36.4 Å². The first-order valence-electron chi connectivity index (χ1n) is 12.0. The molecule has 2 N–H and O–H groups in total. The second-order valence-electron chi connectivity index (χ2n) is 8.93. The summed E-state index contributed by atoms with van der Waals surface area (Å²) in [4.78, 5) is 18.7. The average Bonchev–Trinajstić information content (AvgIpc) is 2.89. The van der Waals surface area contributed by atoms with Crippen LogP contribution in [0.15, 0.2) is 53.8 Å². The smallest absolute Gasteiger partial charge is 0.308 e. The van der Waals surface area contributed by atoms with Crippen LogP contribution in [0.5, 0.6) is 5.75 Å². The molecule has 3 heterocycles. The quantitative estimate of drug-likeness (QED) is 0.300. The van der Waals surface area contributed by atoms with Crippen molar-refractivity contribution in [3.8, 4) is 5.75 Å². The van der Waals surface area contributed by atoms with Crippen LogP contribution < -0.4 is 4.74 Å². The van der Waals surface area contributed by atoms with Gasteiger partial charge in [0.1, 0.15) is 10.8 Å². The lowest BCUT2D eigenvalue weighted by molar-refractivity contribution is -0.146. The van der Waals surface area contributed by atoms with E-state index < -0.39 is 18.0 Å². The number of pyridine rings is 1. The first-order valence-corrected chi connectivity index (χ1v) is 13.0. The summed E-state index contributed by atoms with van der Waals surface area (Å²) in [6.07, 6.45) is 5.66. The molecule has 0 spiro atoms. The number of aliphatic hydroxyl groups is 1. The fourth-order valence-electron chi connectivity index (χ4n) is 4.82. The van der Waals surface area contributed by atoms with Gasteiger partial charge in [0.05, 0.1) is 24.6 Å². The van der Waals surface area contributed by atoms with Crippen LogP contribution in [0.4, 0.5) is 0 Å². The van der Waals surface area contributed by atoms with Gasteiger partial charge in [0.2, 0.25) is 0 Å². The van der Waals surface area contributed by atoms with Gasteiger partial charge < -0.3 is 19.8 Å². The van der Waals surface area contributed by atoms with Crippen molar-refractivity contribution in [3.63, 3.8) is 0 Å². The number of likely N-dealkylation sites (tertiary alicyclic amines) is 1. The van der Waals surface area contributed by atoms with Crippen LogP contribution in [-0.4, -0.2) is 68.8 Å². The first kappa shape index (κ1) is 25.3. The Morgan fingerprint density at radius 3 is 2.94 bits per heavy atom. The van der Waals surface area contributed by atoms with E-state index in [2.05, 4.69) is 20.1 Å². The molecular formula is C26H32N4O4S. The number of aliphatic carboxylic acids is 1. The molecular weight excluding hydrogens is 464 g/mol. The first-order chi connectivity index (χ1) is 17.0. The van der Waals surface area contributed by atoms with Crippen molar-refractivity contribution in [3.05, 3.63) is 54.4 Å². The number of carboxylic acid groups (broad SMARTS) is 1. The summed E-state index contributed by atoms with van der Waals surface area (Å²) < 4.78 is 5.33. The number of methoxy groups -OCH3 is 1. The zero-order valence-electron chi connectivity index (χ0n) is 19.9. The van der Waals surface area contributed by atoms with Gasteiger partial charge in [-0.05, 0) is 86.7 Å². The van der Waals surface area contributed by atoms with Crippen LogP contribution in [0.2, 0.25) is 0 Å². The molecule has 1 saturated heterocycles. The molecule has 3 atom stereocenters. The fraction of sp³-hybridized carbons (Fsp3) is 0.462. The molecule has 35 heavy (non-hydrogen) atoms. The molecule has 1 aliphatic heterocycles. The standard InChI is InChI=1S/C26H32N4O4S/c1-34-19-6-7-23-21(16-19)20(9-12-27-23)24(31)8-5-18-10-14-30(17-22(18)26(32)33)13-3-15-35-25-4-2-11-28-29-25/h2,4,6-7,9,11-12,16,18,22,24,31H,3,5,8,10,13-15,17H2,1H3,(H,32,33). The summed E-state index contributed by atoms with van der Waals surface area (Å²) in [5.41, 5.74) is 1.61. The summed E-state index contributed by atoms with van der Waals surface area (Å²) >= 11 is 1.67. The highest BCUT2D eigenvalue weighted by molar-refractivity contribution is 7.99. The zero-order valence-corrected chi connectivity index (χ0v) is 20.7. The van der Waals surface area contributed by atoms with Gasteiger partial charge in [0.25, 0.3) is 0 Å². The number of benzene rings is 1. The van der Waals surface area contributed by atoms with E-state index in [9.17, 15) is 15.0 Å². The van der Waals surface area contributed by atoms with Crippen LogP contribution in [0.1, 0.15) is 37.4 Å². The van der Waals surface area contributed by atoms with Crippen LogP contribution in [0.25, 0.3) is 10.9 Å². The van der Waals surface area contributed by atoms with Crippen molar-refractivity contribution < 1.29 is 19.7 Å². The highest BCUT2D eigenvalue weighted by atomic mass is 32.2. The van der Waals surface area contributed by atoms with Gasteiger partial charge in [0, 0.05) is 30.1 Å². The van der Waals surface area contributed by atoms with Crippen LogP contribution >= 0.6 is 11.8 Å². The maximum Gasteiger partial charge on any atom is 0.308 e. The van der Waals surface area contributed by atoms with E-state index in [4.69, 9.17) is 4.74 Å². The minimum Gasteiger partial charge on any atom is -0.497 e. The minimum atomic E-state index is -0.748. The summed E-state index contributed by atoms with van der Waals surface area (Å²) in [6.45, 7) is 2.31. The number of rotatable bonds is 11. The lowest BCUT2D eigenvalue weighted by Gasteiger charge is -2.37. The van der Waals surface area contributed by atoms with E-state index in [1.54, 1.807) is 31.3 Å². The molecule has 1 aliphatic rings. The Morgan fingerprint density at radius 1 is 1.29 bits per heavy atom. The predicted octanol–water partition coefficient (Wildman–Crippen LogP) is 4.05. The third kappa shape index (κ3) is 6.68. The van der Waals surface area contributed by atoms with Crippen molar-refractivity contribution >= 4 is 28.6 Å². The summed E-state index contributed by atoms with van der Waals surface area (Å²) in [7, 11) is 1.61. The van der Waals surface area contributed by atoms with Crippen molar-refractivity contribution in [1.82, 2.24) is 20.1 Å². The maximum atomic E-state index is 12.1. The van der Waals surface area contributed by atoms with Crippen molar-refractivity contribution in [2.24, 2.45) is 11.8 Å². The van der Waals surface area contributed by atoms with E-state index in [0.29, 0.717) is 25.1 Å². The van der Waals surface area contributed by atoms with E-state index >= 15 is 0 Å². The molecule has 8 nitrogen and oxygen atoms in total. The number of carboxylic acids is 1. The molecule has 0 amide bonds. The molecule has 2 aromatic heterocycles. The van der Waals surface area contributed by atoms with Crippen molar-refractivity contribution in [2.45, 2.75) is 36.8 Å². The highest BCUT2D eigenvalue weighted by Gasteiger charge is 2.34. The number of fused-ring (bicyclic) bond motifs is 1. The molecule has 4 rings (SSSR count). The predicted molar refractivity (Wildman–Crippen MR) is 136 cm³/mol. The van der Waals surface area contributed by atoms with Crippen molar-refractivity contribution in [1.29, 1.82) is 0 Å². The number of ether oxygens (including phenoxy) is 1. The number of hydrogen-bond donors (Lipinski definition) is 2. The van der Waals surface area contributed by atoms with Crippen LogP contribution in [0, 0.1) is 11.8 Å². The summed E-state index contributed by atoms with van der Waals surface area (Å²) in [6, 6.07) is 11.3. The zero-order chi connectivity index (χ0) is 24.6. The Balaban J connectivity index is 1.30. The SMILES string of the molecule is COc1ccc2nccc(C(O)CCC3CCN(CCCSc4cccnn4)CC3C(=O)O)c2c1. The van der Waals surface area contributed by atoms with Gasteiger partial charge in [-0.3, -0.25) is 9.78 Å². The monoisotopic (exact) mass is 496 g/mol. The minimum absolute atomic E-state index is 0.0509. The maximum absolute atomic E-state index is 12.1. The third-order valence-electron chi connectivity index (χ3n) is 6.73. The molecule has 3 unspecified atom stereocenters. The molecule has 0 saturated carbocycles. The Bertz CT molecular complexity index is 1120. The number of aliphatic hydroxyl groups excluding tert-OH is 1. The van der Waals surface area contributed by atoms with Crippen molar-refractivity contribution in [2.75, 3.05) is 32.5 Å². The Hall–Kier alpha value is -2.75. The lowest BCUT2D eigenvalue weighted by Crippen LogP contribution is -2.44. The molecule has 0 bridgehead atoms. The number of carbonyl (C=O) groups is 1. The third-order valence-corrected chi connectivity index (χ3v) is 7.73. The second kappa shape index (κ2) is 12.3. The Kier molecular flexibility index (Phi) is 8.90. The normalized spacial score (nSPS) is 19.5. The Labute approximate surface area is 209 Å². The molecule has 1 aromatic carbocycles. The van der Waals surface area contributed by atoms with Gasteiger partial charge in [-0.2, -0.15) is 5.10 Å². The molecule has 3 aromatic rings. The van der Waals surface area contributed by atoms with Gasteiger partial charge >= 0.3 is 5.97 Å². The molecule has 9 heteroatoms. The molecule has 1 fully saturated rings. The largest absolute Gasteiger partial charge is 0.497 e. The number of piperidine rings is 1. The van der Waals surface area contributed by atoms with E-state index in [0.717, 1.165) is 53.2 Å². The molecule has 0 radical (unpaired) electrons. The second-order valence-corrected chi connectivity index (χ2v) is 10.0. The van der Waals surface area contributed by atoms with Crippen LogP contribution in [-0.2, 0) is 4.79 Å². The number of nitrogens with zero attached hydrogens (tertiary/aromatic N) is 4. The molecule has 186 valence electrons. The summed E-state index contributed by atoms with van der Waals surface area (Å²) in [5, 5.41) is 30.6. The lowest BCUT2D eigenvalue weighted by atomic mass is 9.81. The number of thioether (sulfide) groups is 1. The summed E-state index contributed by atoms with van der Waals surface area (Å²) in [5.74, 6) is 0.523. The van der Waals surface area contributed by atoms with Gasteiger partial charge in [-0.15, -0.1) is 16.9 Å². The Morgan fingerprint density at radius 2 is 2.17 bits per heavy atom. The fourth-order valence-corrected chi connectivity index (χ4v) is 5.58. The van der Waals surface area contributed by atoms with E-state index in [1.165, 1.54) is 0 Å². The number of hydrogen-bond acceptors (Lipinski definition) is 8. The average molecular weight is 497 g/mol. The topological polar surface area (TPSA) is 109 Å². The molecule has 0 aliphatic carbocycles. The van der Waals surface area contributed by atoms with Gasteiger partial charge in [0.15, 0.2) is 0 Å². The highest BCUT2D eigenvalue weighted by Crippen LogP contribution is 2.34. The van der Waals surface area contributed by atoms with Crippen LogP contribution in [0.3, 0.4) is 0 Å². The van der Waals surface area contributed by atoms with E-state index in [-0.39, 0.29) is 5.92 Å².